The van der Waals surface area contributed by atoms with Gasteiger partial charge in [-0.05, 0) is 62.7 Å². The molecule has 1 aliphatic heterocycles. The maximum Gasteiger partial charge on any atom is 0.270 e. The second-order valence-corrected chi connectivity index (χ2v) is 9.43. The van der Waals surface area contributed by atoms with Gasteiger partial charge in [0, 0.05) is 30.9 Å². The largest absolute Gasteiger partial charge is 0.391 e. The molecule has 27 heavy (non-hydrogen) atoms. The van der Waals surface area contributed by atoms with Gasteiger partial charge in [-0.1, -0.05) is 0 Å². The molecule has 4 rings (SSSR count). The fraction of sp³-hybridized carbons (Fsp3) is 0.750. The molecule has 2 heterocycles. The lowest BCUT2D eigenvalue weighted by Crippen LogP contribution is -2.37. The number of nitrogens with zero attached hydrogens (tertiary/aromatic N) is 2. The van der Waals surface area contributed by atoms with E-state index in [2.05, 4.69) is 10.3 Å². The summed E-state index contributed by atoms with van der Waals surface area (Å²) in [6, 6.07) is -0.129. The fourth-order valence-corrected chi connectivity index (χ4v) is 5.84. The van der Waals surface area contributed by atoms with Gasteiger partial charge in [0.1, 0.15) is 5.69 Å². The molecule has 3 fully saturated rings. The van der Waals surface area contributed by atoms with Gasteiger partial charge in [0.2, 0.25) is 5.91 Å². The van der Waals surface area contributed by atoms with E-state index in [1.54, 1.807) is 15.8 Å². The average Bonchev–Trinajstić information content (AvgIpc) is 3.38. The van der Waals surface area contributed by atoms with E-state index in [0.717, 1.165) is 12.3 Å². The van der Waals surface area contributed by atoms with Crippen LogP contribution >= 0.6 is 11.3 Å². The molecular formula is C20H29N3O3S. The predicted octanol–water partition coefficient (Wildman–Crippen LogP) is 2.59. The zero-order valence-electron chi connectivity index (χ0n) is 15.7. The highest BCUT2D eigenvalue weighted by Gasteiger charge is 2.44. The number of β-amino-alcohol motifs (C(OH)–C–C–N with tert-alkyl or cyclic N) is 1. The lowest BCUT2D eigenvalue weighted by molar-refractivity contribution is -0.133. The summed E-state index contributed by atoms with van der Waals surface area (Å²) in [4.78, 5) is 30.8. The topological polar surface area (TPSA) is 82.5 Å². The third kappa shape index (κ3) is 4.35. The lowest BCUT2D eigenvalue weighted by atomic mass is 9.80. The van der Waals surface area contributed by atoms with Gasteiger partial charge in [0.05, 0.1) is 11.6 Å². The Bertz CT molecular complexity index is 670. The van der Waals surface area contributed by atoms with Crippen molar-refractivity contribution in [2.75, 3.05) is 13.1 Å². The molecule has 2 bridgehead atoms. The summed E-state index contributed by atoms with van der Waals surface area (Å²) in [6.07, 6.45) is 8.72. The Morgan fingerprint density at radius 2 is 2.15 bits per heavy atom. The predicted molar refractivity (Wildman–Crippen MR) is 103 cm³/mol. The number of carbonyl (C=O) groups excluding carboxylic acids is 2. The van der Waals surface area contributed by atoms with Crippen LogP contribution in [0.1, 0.15) is 68.3 Å². The Balaban J connectivity index is 1.28. The SMILES string of the molecule is O=C(N[C@@H]1CCN(C(=O)CCC23CCC(CC2)C3)C[C@H](O)C1)c1cscn1. The zero-order valence-corrected chi connectivity index (χ0v) is 16.5. The fourth-order valence-electron chi connectivity index (χ4n) is 5.31. The van der Waals surface area contributed by atoms with Crippen molar-refractivity contribution in [1.82, 2.24) is 15.2 Å². The molecule has 2 saturated carbocycles. The molecule has 2 N–H and O–H groups in total. The number of aliphatic hydroxyl groups is 1. The Labute approximate surface area is 164 Å². The molecule has 1 aromatic rings. The van der Waals surface area contributed by atoms with Gasteiger partial charge in [-0.25, -0.2) is 4.98 Å². The summed E-state index contributed by atoms with van der Waals surface area (Å²) in [6.45, 7) is 0.963. The number of thiazole rings is 1. The number of carbonyl (C=O) groups is 2. The van der Waals surface area contributed by atoms with Gasteiger partial charge in [-0.3, -0.25) is 9.59 Å². The molecular weight excluding hydrogens is 362 g/mol. The van der Waals surface area contributed by atoms with Crippen molar-refractivity contribution in [3.05, 3.63) is 16.6 Å². The van der Waals surface area contributed by atoms with E-state index >= 15 is 0 Å². The van der Waals surface area contributed by atoms with Crippen molar-refractivity contribution < 1.29 is 14.7 Å². The van der Waals surface area contributed by atoms with Gasteiger partial charge >= 0.3 is 0 Å². The number of hydrogen-bond donors (Lipinski definition) is 2. The van der Waals surface area contributed by atoms with Crippen molar-refractivity contribution in [2.24, 2.45) is 11.3 Å². The van der Waals surface area contributed by atoms with Crippen LogP contribution in [-0.4, -0.2) is 52.0 Å². The van der Waals surface area contributed by atoms with E-state index in [-0.39, 0.29) is 17.9 Å². The molecule has 0 radical (unpaired) electrons. The van der Waals surface area contributed by atoms with Crippen LogP contribution in [0, 0.1) is 11.3 Å². The van der Waals surface area contributed by atoms with Crippen molar-refractivity contribution in [3.63, 3.8) is 0 Å². The van der Waals surface area contributed by atoms with Crippen molar-refractivity contribution in [1.29, 1.82) is 0 Å². The van der Waals surface area contributed by atoms with Crippen molar-refractivity contribution in [3.8, 4) is 0 Å². The highest BCUT2D eigenvalue weighted by Crippen LogP contribution is 2.56. The minimum atomic E-state index is -0.599. The van der Waals surface area contributed by atoms with E-state index in [0.29, 0.717) is 43.5 Å². The first-order chi connectivity index (χ1) is 13.0. The molecule has 148 valence electrons. The summed E-state index contributed by atoms with van der Waals surface area (Å²) >= 11 is 1.38. The summed E-state index contributed by atoms with van der Waals surface area (Å²) < 4.78 is 0. The summed E-state index contributed by atoms with van der Waals surface area (Å²) in [5, 5.41) is 15.0. The monoisotopic (exact) mass is 391 g/mol. The second-order valence-electron chi connectivity index (χ2n) is 8.71. The van der Waals surface area contributed by atoms with Crippen LogP contribution < -0.4 is 5.32 Å². The van der Waals surface area contributed by atoms with Gasteiger partial charge < -0.3 is 15.3 Å². The molecule has 1 saturated heterocycles. The number of nitrogens with one attached hydrogen (secondary N) is 1. The minimum absolute atomic E-state index is 0.129. The number of rotatable bonds is 5. The van der Waals surface area contributed by atoms with Crippen LogP contribution in [0.2, 0.25) is 0 Å². The van der Waals surface area contributed by atoms with E-state index in [1.165, 1.54) is 43.4 Å². The van der Waals surface area contributed by atoms with E-state index in [9.17, 15) is 14.7 Å². The number of likely N-dealkylation sites (tertiary alicyclic amines) is 1. The molecule has 6 nitrogen and oxygen atoms in total. The summed E-state index contributed by atoms with van der Waals surface area (Å²) in [7, 11) is 0. The minimum Gasteiger partial charge on any atom is -0.391 e. The lowest BCUT2D eigenvalue weighted by Gasteiger charge is -2.28. The van der Waals surface area contributed by atoms with Gasteiger partial charge in [-0.2, -0.15) is 0 Å². The van der Waals surface area contributed by atoms with Crippen LogP contribution in [0.4, 0.5) is 0 Å². The standard InChI is InChI=1S/C20H29N3O3S/c24-16-9-15(22-19(26)17-12-27-13-21-17)4-8-23(11-16)18(25)3-7-20-5-1-14(10-20)2-6-20/h12-16,24H,1-11H2,(H,22,26)/t14?,15-,16-,20?/m1/s1. The first-order valence-corrected chi connectivity index (χ1v) is 11.1. The highest BCUT2D eigenvalue weighted by molar-refractivity contribution is 7.07. The summed E-state index contributed by atoms with van der Waals surface area (Å²) in [5.41, 5.74) is 2.47. The van der Waals surface area contributed by atoms with Gasteiger partial charge in [-0.15, -0.1) is 11.3 Å². The molecule has 7 heteroatoms. The molecule has 2 atom stereocenters. The van der Waals surface area contributed by atoms with E-state index in [1.807, 2.05) is 0 Å². The second kappa shape index (κ2) is 7.87. The molecule has 1 aromatic heterocycles. The Hall–Kier alpha value is -1.47. The van der Waals surface area contributed by atoms with Gasteiger partial charge in [0.25, 0.3) is 5.91 Å². The van der Waals surface area contributed by atoms with Crippen LogP contribution in [0.5, 0.6) is 0 Å². The van der Waals surface area contributed by atoms with E-state index in [4.69, 9.17) is 0 Å². The quantitative estimate of drug-likeness (QED) is 0.808. The number of fused-ring (bicyclic) bond motifs is 2. The van der Waals surface area contributed by atoms with E-state index < -0.39 is 6.10 Å². The maximum absolute atomic E-state index is 12.8. The molecule has 2 amide bonds. The third-order valence-electron chi connectivity index (χ3n) is 6.84. The van der Waals surface area contributed by atoms with Crippen LogP contribution in [0.3, 0.4) is 0 Å². The first kappa shape index (κ1) is 18.9. The number of hydrogen-bond acceptors (Lipinski definition) is 5. The van der Waals surface area contributed by atoms with Crippen LogP contribution in [0.15, 0.2) is 10.9 Å². The van der Waals surface area contributed by atoms with Crippen molar-refractivity contribution >= 4 is 23.2 Å². The molecule has 3 aliphatic rings. The summed E-state index contributed by atoms with van der Waals surface area (Å²) in [5.74, 6) is 0.858. The number of aliphatic hydroxyl groups excluding tert-OH is 1. The third-order valence-corrected chi connectivity index (χ3v) is 7.43. The van der Waals surface area contributed by atoms with Crippen LogP contribution in [-0.2, 0) is 4.79 Å². The van der Waals surface area contributed by atoms with Gasteiger partial charge in [0.15, 0.2) is 0 Å². The molecule has 0 unspecified atom stereocenters. The number of amides is 2. The normalized spacial score (nSPS) is 33.1. The maximum atomic E-state index is 12.8. The number of aromatic nitrogens is 1. The Morgan fingerprint density at radius 3 is 2.81 bits per heavy atom. The van der Waals surface area contributed by atoms with Crippen LogP contribution in [0.25, 0.3) is 0 Å². The molecule has 2 aliphatic carbocycles. The Morgan fingerprint density at radius 1 is 1.33 bits per heavy atom. The molecule has 0 spiro atoms. The highest BCUT2D eigenvalue weighted by atomic mass is 32.1. The Kier molecular flexibility index (Phi) is 5.50. The molecule has 0 aromatic carbocycles. The first-order valence-electron chi connectivity index (χ1n) is 10.2. The average molecular weight is 392 g/mol. The van der Waals surface area contributed by atoms with Crippen molar-refractivity contribution in [2.45, 2.75) is 69.9 Å². The zero-order chi connectivity index (χ0) is 18.9. The smallest absolute Gasteiger partial charge is 0.270 e.